The van der Waals surface area contributed by atoms with Crippen molar-refractivity contribution in [3.8, 4) is 0 Å². The number of carbonyl (C=O) groups is 4. The second kappa shape index (κ2) is 8.05. The largest absolute Gasteiger partial charge is 0.472 e. The third-order valence-corrected chi connectivity index (χ3v) is 7.99. The second-order valence-corrected chi connectivity index (χ2v) is 9.91. The van der Waals surface area contributed by atoms with E-state index in [-0.39, 0.29) is 24.1 Å². The first kappa shape index (κ1) is 22.6. The molecule has 2 aliphatic carbocycles. The Bertz CT molecular complexity index is 925. The molecule has 1 N–H and O–H groups in total. The molecule has 7 atom stereocenters. The van der Waals surface area contributed by atoms with Crippen molar-refractivity contribution in [1.29, 1.82) is 0 Å². The standard InChI is InChI=1S/C24H31NO7/c1-5-25-21(28)16-10-17(31-13(2)26)19(27)20-23(16,3)8-6-15-22(29)32-18(11-24(15,20)4)14-7-9-30-12-14/h7,9,12,15-18,20H,5-6,8,10-11H2,1-4H3,(H,25,28)/t15-,16-,17-,18-,20-,23-,24-/m0/s1. The van der Waals surface area contributed by atoms with Crippen molar-refractivity contribution < 1.29 is 33.1 Å². The average molecular weight is 446 g/mol. The molecule has 0 unspecified atom stereocenters. The van der Waals surface area contributed by atoms with Crippen LogP contribution < -0.4 is 5.32 Å². The first-order chi connectivity index (χ1) is 15.1. The summed E-state index contributed by atoms with van der Waals surface area (Å²) in [5, 5.41) is 2.89. The van der Waals surface area contributed by atoms with Crippen molar-refractivity contribution in [2.75, 3.05) is 6.54 Å². The molecule has 2 saturated carbocycles. The molecule has 8 nitrogen and oxygen atoms in total. The molecule has 1 aliphatic heterocycles. The van der Waals surface area contributed by atoms with Gasteiger partial charge < -0.3 is 19.2 Å². The number of cyclic esters (lactones) is 1. The highest BCUT2D eigenvalue weighted by Gasteiger charge is 2.67. The van der Waals surface area contributed by atoms with E-state index < -0.39 is 46.8 Å². The fraction of sp³-hybridized carbons (Fsp3) is 0.667. The zero-order valence-corrected chi connectivity index (χ0v) is 19.0. The number of esters is 2. The second-order valence-electron chi connectivity index (χ2n) is 9.91. The number of ketones is 1. The van der Waals surface area contributed by atoms with Gasteiger partial charge in [0.15, 0.2) is 11.9 Å². The number of amides is 1. The van der Waals surface area contributed by atoms with Crippen molar-refractivity contribution >= 4 is 23.6 Å². The number of hydrogen-bond donors (Lipinski definition) is 1. The molecule has 0 radical (unpaired) electrons. The molecule has 8 heteroatoms. The van der Waals surface area contributed by atoms with Crippen molar-refractivity contribution in [2.45, 2.75) is 65.6 Å². The molecular formula is C24H31NO7. The zero-order chi connectivity index (χ0) is 23.3. The normalized spacial score (nSPS) is 38.8. The summed E-state index contributed by atoms with van der Waals surface area (Å²) < 4.78 is 16.3. The summed E-state index contributed by atoms with van der Waals surface area (Å²) in [6.45, 7) is 7.52. The highest BCUT2D eigenvalue weighted by atomic mass is 16.6. The van der Waals surface area contributed by atoms with Gasteiger partial charge in [-0.05, 0) is 43.1 Å². The van der Waals surface area contributed by atoms with Crippen molar-refractivity contribution in [1.82, 2.24) is 5.32 Å². The molecule has 3 fully saturated rings. The maximum absolute atomic E-state index is 13.8. The molecule has 4 rings (SSSR count). The van der Waals surface area contributed by atoms with E-state index in [2.05, 4.69) is 5.32 Å². The monoisotopic (exact) mass is 445 g/mol. The van der Waals surface area contributed by atoms with Gasteiger partial charge in [-0.15, -0.1) is 0 Å². The van der Waals surface area contributed by atoms with Crippen LogP contribution in [0.15, 0.2) is 23.0 Å². The Hall–Kier alpha value is -2.64. The molecule has 0 bridgehead atoms. The Morgan fingerprint density at radius 1 is 1.25 bits per heavy atom. The minimum atomic E-state index is -1.00. The number of carbonyl (C=O) groups excluding carboxylic acids is 4. The fourth-order valence-corrected chi connectivity index (χ4v) is 6.66. The molecule has 174 valence electrons. The Balaban J connectivity index is 1.78. The summed E-state index contributed by atoms with van der Waals surface area (Å²) in [7, 11) is 0. The lowest BCUT2D eigenvalue weighted by atomic mass is 9.43. The number of furan rings is 1. The van der Waals surface area contributed by atoms with Crippen LogP contribution in [-0.2, 0) is 28.7 Å². The van der Waals surface area contributed by atoms with Gasteiger partial charge in [0.1, 0.15) is 6.10 Å². The van der Waals surface area contributed by atoms with E-state index in [1.165, 1.54) is 13.2 Å². The van der Waals surface area contributed by atoms with Crippen LogP contribution in [0.4, 0.5) is 0 Å². The number of nitrogens with one attached hydrogen (secondary N) is 1. The predicted octanol–water partition coefficient (Wildman–Crippen LogP) is 2.96. The average Bonchev–Trinajstić information content (AvgIpc) is 3.24. The van der Waals surface area contributed by atoms with E-state index in [1.807, 2.05) is 20.8 Å². The third-order valence-electron chi connectivity index (χ3n) is 7.99. The molecular weight excluding hydrogens is 414 g/mol. The van der Waals surface area contributed by atoms with Crippen molar-refractivity contribution in [3.63, 3.8) is 0 Å². The Morgan fingerprint density at radius 3 is 2.62 bits per heavy atom. The molecule has 1 aromatic rings. The summed E-state index contributed by atoms with van der Waals surface area (Å²) in [5.74, 6) is -2.81. The van der Waals surface area contributed by atoms with Gasteiger partial charge in [0.25, 0.3) is 0 Å². The van der Waals surface area contributed by atoms with Crippen LogP contribution in [0.1, 0.15) is 65.0 Å². The van der Waals surface area contributed by atoms with Crippen molar-refractivity contribution in [2.24, 2.45) is 28.6 Å². The summed E-state index contributed by atoms with van der Waals surface area (Å²) in [5.41, 5.74) is -0.660. The summed E-state index contributed by atoms with van der Waals surface area (Å²) in [6, 6.07) is 1.76. The van der Waals surface area contributed by atoms with Crippen LogP contribution >= 0.6 is 0 Å². The molecule has 0 aromatic carbocycles. The SMILES string of the molecule is CCNC(=O)[C@@H]1C[C@H](OC(C)=O)C(=O)[C@H]2[C@@]1(C)CC[C@H]1C(=O)O[C@H](c3ccoc3)C[C@]21C. The van der Waals surface area contributed by atoms with E-state index in [0.29, 0.717) is 25.8 Å². The molecule has 32 heavy (non-hydrogen) atoms. The minimum Gasteiger partial charge on any atom is -0.472 e. The van der Waals surface area contributed by atoms with Gasteiger partial charge in [-0.25, -0.2) is 0 Å². The fourth-order valence-electron chi connectivity index (χ4n) is 6.66. The highest BCUT2D eigenvalue weighted by molar-refractivity contribution is 5.93. The summed E-state index contributed by atoms with van der Waals surface area (Å²) in [6.07, 6.45) is 3.22. The predicted molar refractivity (Wildman–Crippen MR) is 112 cm³/mol. The van der Waals surface area contributed by atoms with Crippen molar-refractivity contribution in [3.05, 3.63) is 24.2 Å². The zero-order valence-electron chi connectivity index (χ0n) is 19.0. The Labute approximate surface area is 187 Å². The maximum Gasteiger partial charge on any atom is 0.310 e. The summed E-state index contributed by atoms with van der Waals surface area (Å²) in [4.78, 5) is 51.8. The number of Topliss-reactive ketones (excluding diaryl/α,β-unsaturated/α-hetero) is 1. The van der Waals surface area contributed by atoms with Gasteiger partial charge >= 0.3 is 11.9 Å². The quantitative estimate of drug-likeness (QED) is 0.709. The van der Waals surface area contributed by atoms with E-state index in [9.17, 15) is 19.2 Å². The molecule has 0 spiro atoms. The first-order valence-electron chi connectivity index (χ1n) is 11.3. The van der Waals surface area contributed by atoms with Crippen LogP contribution in [0, 0.1) is 28.6 Å². The Morgan fingerprint density at radius 2 is 2.00 bits per heavy atom. The van der Waals surface area contributed by atoms with E-state index in [1.54, 1.807) is 12.3 Å². The number of ether oxygens (including phenoxy) is 2. The van der Waals surface area contributed by atoms with E-state index >= 15 is 0 Å². The minimum absolute atomic E-state index is 0.142. The number of fused-ring (bicyclic) bond motifs is 3. The Kier molecular flexibility index (Phi) is 5.67. The van der Waals surface area contributed by atoms with E-state index in [4.69, 9.17) is 13.9 Å². The van der Waals surface area contributed by atoms with Crippen LogP contribution in [0.5, 0.6) is 0 Å². The van der Waals surface area contributed by atoms with Gasteiger partial charge in [-0.2, -0.15) is 0 Å². The lowest BCUT2D eigenvalue weighted by Gasteiger charge is -2.61. The van der Waals surface area contributed by atoms with Gasteiger partial charge in [-0.1, -0.05) is 13.8 Å². The number of hydrogen-bond acceptors (Lipinski definition) is 7. The number of rotatable bonds is 4. The molecule has 3 aliphatic rings. The smallest absolute Gasteiger partial charge is 0.310 e. The van der Waals surface area contributed by atoms with Crippen LogP contribution in [0.2, 0.25) is 0 Å². The molecule has 1 saturated heterocycles. The lowest BCUT2D eigenvalue weighted by molar-refractivity contribution is -0.207. The van der Waals surface area contributed by atoms with Crippen LogP contribution in [0.25, 0.3) is 0 Å². The van der Waals surface area contributed by atoms with Gasteiger partial charge in [0.05, 0.1) is 18.4 Å². The molecule has 1 aromatic heterocycles. The molecule has 1 amide bonds. The maximum atomic E-state index is 13.8. The van der Waals surface area contributed by atoms with Gasteiger partial charge in [0, 0.05) is 37.3 Å². The van der Waals surface area contributed by atoms with Gasteiger partial charge in [-0.3, -0.25) is 19.2 Å². The van der Waals surface area contributed by atoms with Gasteiger partial charge in [0.2, 0.25) is 5.91 Å². The highest BCUT2D eigenvalue weighted by Crippen LogP contribution is 2.65. The van der Waals surface area contributed by atoms with Crippen LogP contribution in [0.3, 0.4) is 0 Å². The van der Waals surface area contributed by atoms with E-state index in [0.717, 1.165) is 5.56 Å². The first-order valence-corrected chi connectivity index (χ1v) is 11.3. The third kappa shape index (κ3) is 3.44. The topological polar surface area (TPSA) is 112 Å². The van der Waals surface area contributed by atoms with Crippen LogP contribution in [-0.4, -0.2) is 36.3 Å². The molecule has 2 heterocycles. The lowest BCUT2D eigenvalue weighted by Crippen LogP contribution is -2.65. The summed E-state index contributed by atoms with van der Waals surface area (Å²) >= 11 is 0.